The van der Waals surface area contributed by atoms with Crippen molar-refractivity contribution in [1.29, 1.82) is 0 Å². The maximum atomic E-state index is 5.45. The third-order valence-electron chi connectivity index (χ3n) is 3.46. The third kappa shape index (κ3) is 3.70. The van der Waals surface area contributed by atoms with Crippen LogP contribution in [0.15, 0.2) is 12.4 Å². The summed E-state index contributed by atoms with van der Waals surface area (Å²) in [5.74, 6) is 0. The topological polar surface area (TPSA) is 33.1 Å². The highest BCUT2D eigenvalue weighted by molar-refractivity contribution is 7.80. The first kappa shape index (κ1) is 13.3. The lowest BCUT2D eigenvalue weighted by molar-refractivity contribution is 0.392. The van der Waals surface area contributed by atoms with Gasteiger partial charge >= 0.3 is 0 Å². The summed E-state index contributed by atoms with van der Waals surface area (Å²) >= 11 is 5.45. The van der Waals surface area contributed by atoms with E-state index in [1.54, 1.807) is 0 Å². The molecule has 0 aliphatic heterocycles. The van der Waals surface area contributed by atoms with Gasteiger partial charge in [0, 0.05) is 38.4 Å². The zero-order valence-corrected chi connectivity index (χ0v) is 12.0. The Morgan fingerprint density at radius 3 is 2.83 bits per heavy atom. The molecule has 1 aliphatic carbocycles. The Bertz CT molecular complexity index is 395. The van der Waals surface area contributed by atoms with Crippen LogP contribution in [-0.2, 0) is 13.6 Å². The van der Waals surface area contributed by atoms with Crippen LogP contribution in [0, 0.1) is 0 Å². The predicted octanol–water partition coefficient (Wildman–Crippen LogP) is 2.06. The number of nitrogens with zero attached hydrogens (tertiary/aromatic N) is 3. The summed E-state index contributed by atoms with van der Waals surface area (Å²) < 4.78 is 1.82. The monoisotopic (exact) mass is 266 g/mol. The summed E-state index contributed by atoms with van der Waals surface area (Å²) in [4.78, 5) is 2.08. The lowest BCUT2D eigenvalue weighted by Gasteiger charge is -2.28. The molecule has 0 aromatic carbocycles. The molecule has 1 aliphatic rings. The van der Waals surface area contributed by atoms with Crippen LogP contribution in [0.25, 0.3) is 0 Å². The minimum absolute atomic E-state index is 0.572. The molecule has 0 unspecified atom stereocenters. The van der Waals surface area contributed by atoms with Crippen molar-refractivity contribution in [2.75, 3.05) is 7.05 Å². The van der Waals surface area contributed by atoms with Crippen molar-refractivity contribution in [2.24, 2.45) is 7.05 Å². The first-order valence-electron chi connectivity index (χ1n) is 6.64. The summed E-state index contributed by atoms with van der Waals surface area (Å²) in [7, 11) is 3.97. The van der Waals surface area contributed by atoms with Gasteiger partial charge < -0.3 is 10.2 Å². The van der Waals surface area contributed by atoms with Gasteiger partial charge in [0.2, 0.25) is 0 Å². The van der Waals surface area contributed by atoms with Crippen molar-refractivity contribution in [3.63, 3.8) is 0 Å². The fraction of sp³-hybridized carbons (Fsp3) is 0.692. The predicted molar refractivity (Wildman–Crippen MR) is 77.3 cm³/mol. The Hall–Kier alpha value is -1.10. The van der Waals surface area contributed by atoms with E-state index in [4.69, 9.17) is 12.2 Å². The average molecular weight is 266 g/mol. The number of thiocarbonyl (C=S) groups is 1. The summed E-state index contributed by atoms with van der Waals surface area (Å²) in [5, 5.41) is 8.50. The molecule has 18 heavy (non-hydrogen) atoms. The molecule has 1 saturated carbocycles. The van der Waals surface area contributed by atoms with Crippen molar-refractivity contribution < 1.29 is 0 Å². The van der Waals surface area contributed by atoms with E-state index in [0.717, 1.165) is 11.7 Å². The summed E-state index contributed by atoms with van der Waals surface area (Å²) in [6.07, 6.45) is 10.4. The Labute approximate surface area is 114 Å². The second kappa shape index (κ2) is 6.18. The first-order valence-corrected chi connectivity index (χ1v) is 7.05. The maximum absolute atomic E-state index is 5.45. The smallest absolute Gasteiger partial charge is 0.169 e. The maximum Gasteiger partial charge on any atom is 0.169 e. The minimum atomic E-state index is 0.572. The molecule has 0 radical (unpaired) electrons. The van der Waals surface area contributed by atoms with Crippen molar-refractivity contribution in [3.05, 3.63) is 18.0 Å². The summed E-state index contributed by atoms with van der Waals surface area (Å²) in [6, 6.07) is 0.572. The van der Waals surface area contributed by atoms with E-state index in [1.807, 2.05) is 31.2 Å². The molecule has 1 aromatic heterocycles. The normalized spacial score (nSPS) is 16.6. The summed E-state index contributed by atoms with van der Waals surface area (Å²) in [6.45, 7) is 0.812. The second-order valence-electron chi connectivity index (χ2n) is 5.16. The summed E-state index contributed by atoms with van der Waals surface area (Å²) in [5.41, 5.74) is 1.19. The molecule has 2 rings (SSSR count). The zero-order valence-electron chi connectivity index (χ0n) is 11.2. The van der Waals surface area contributed by atoms with E-state index < -0.39 is 0 Å². The van der Waals surface area contributed by atoms with Gasteiger partial charge in [-0.05, 0) is 25.1 Å². The van der Waals surface area contributed by atoms with Crippen LogP contribution < -0.4 is 5.32 Å². The molecule has 0 saturated heterocycles. The van der Waals surface area contributed by atoms with Crippen LogP contribution in [0.1, 0.15) is 37.7 Å². The van der Waals surface area contributed by atoms with E-state index in [-0.39, 0.29) is 0 Å². The molecular formula is C13H22N4S. The van der Waals surface area contributed by atoms with Crippen molar-refractivity contribution in [2.45, 2.75) is 44.7 Å². The quantitative estimate of drug-likeness (QED) is 0.849. The van der Waals surface area contributed by atoms with Gasteiger partial charge in [0.25, 0.3) is 0 Å². The van der Waals surface area contributed by atoms with Crippen LogP contribution in [0.3, 0.4) is 0 Å². The van der Waals surface area contributed by atoms with Gasteiger partial charge in [0.1, 0.15) is 0 Å². The first-order chi connectivity index (χ1) is 8.65. The molecule has 1 aromatic rings. The zero-order chi connectivity index (χ0) is 13.0. The molecule has 1 fully saturated rings. The number of hydrogen-bond acceptors (Lipinski definition) is 2. The Kier molecular flexibility index (Phi) is 4.58. The number of nitrogens with one attached hydrogen (secondary N) is 1. The Morgan fingerprint density at radius 2 is 2.22 bits per heavy atom. The van der Waals surface area contributed by atoms with Gasteiger partial charge in [-0.2, -0.15) is 5.10 Å². The van der Waals surface area contributed by atoms with Gasteiger partial charge in [-0.25, -0.2) is 0 Å². The van der Waals surface area contributed by atoms with Gasteiger partial charge in [0.15, 0.2) is 5.11 Å². The number of hydrogen-bond donors (Lipinski definition) is 1. The standard InChI is InChI=1S/C13H22N4S/c1-16(9-11-8-14-17(2)10-11)13(18)15-12-6-4-3-5-7-12/h8,10,12H,3-7,9H2,1-2H3,(H,15,18). The van der Waals surface area contributed by atoms with Crippen molar-refractivity contribution >= 4 is 17.3 Å². The molecule has 0 bridgehead atoms. The van der Waals surface area contributed by atoms with E-state index in [9.17, 15) is 0 Å². The molecule has 4 nitrogen and oxygen atoms in total. The van der Waals surface area contributed by atoms with E-state index >= 15 is 0 Å². The highest BCUT2D eigenvalue weighted by atomic mass is 32.1. The fourth-order valence-corrected chi connectivity index (χ4v) is 2.66. The van der Waals surface area contributed by atoms with Crippen LogP contribution in [0.4, 0.5) is 0 Å². The number of aromatic nitrogens is 2. The van der Waals surface area contributed by atoms with E-state index in [0.29, 0.717) is 6.04 Å². The largest absolute Gasteiger partial charge is 0.360 e. The van der Waals surface area contributed by atoms with Gasteiger partial charge in [-0.1, -0.05) is 19.3 Å². The third-order valence-corrected chi connectivity index (χ3v) is 3.89. The molecule has 1 heterocycles. The number of rotatable bonds is 3. The molecule has 100 valence electrons. The molecule has 0 amide bonds. The van der Waals surface area contributed by atoms with Gasteiger partial charge in [-0.15, -0.1) is 0 Å². The Morgan fingerprint density at radius 1 is 1.50 bits per heavy atom. The lowest BCUT2D eigenvalue weighted by atomic mass is 9.96. The SMILES string of the molecule is CN(Cc1cnn(C)c1)C(=S)NC1CCCCC1. The van der Waals surface area contributed by atoms with Crippen LogP contribution >= 0.6 is 12.2 Å². The van der Waals surface area contributed by atoms with Crippen LogP contribution in [0.5, 0.6) is 0 Å². The van der Waals surface area contributed by atoms with Crippen LogP contribution in [0.2, 0.25) is 0 Å². The fourth-order valence-electron chi connectivity index (χ4n) is 2.43. The van der Waals surface area contributed by atoms with E-state index in [2.05, 4.69) is 15.3 Å². The molecule has 5 heteroatoms. The van der Waals surface area contributed by atoms with Crippen LogP contribution in [-0.4, -0.2) is 32.9 Å². The van der Waals surface area contributed by atoms with E-state index in [1.165, 1.54) is 37.7 Å². The Balaban J connectivity index is 1.80. The highest BCUT2D eigenvalue weighted by Gasteiger charge is 2.15. The second-order valence-corrected chi connectivity index (χ2v) is 5.55. The minimum Gasteiger partial charge on any atom is -0.360 e. The average Bonchev–Trinajstić information content (AvgIpc) is 2.76. The lowest BCUT2D eigenvalue weighted by Crippen LogP contribution is -2.43. The molecule has 0 atom stereocenters. The highest BCUT2D eigenvalue weighted by Crippen LogP contribution is 2.17. The van der Waals surface area contributed by atoms with Crippen molar-refractivity contribution in [1.82, 2.24) is 20.0 Å². The van der Waals surface area contributed by atoms with Crippen molar-refractivity contribution in [3.8, 4) is 0 Å². The molecule has 0 spiro atoms. The van der Waals surface area contributed by atoms with Gasteiger partial charge in [0.05, 0.1) is 6.20 Å². The van der Waals surface area contributed by atoms with Gasteiger partial charge in [-0.3, -0.25) is 4.68 Å². The number of aryl methyl sites for hydroxylation is 1. The molecular weight excluding hydrogens is 244 g/mol. The molecule has 1 N–H and O–H groups in total.